The summed E-state index contributed by atoms with van der Waals surface area (Å²) >= 11 is 7.58. The van der Waals surface area contributed by atoms with E-state index < -0.39 is 0 Å². The molecule has 2 N–H and O–H groups in total. The van der Waals surface area contributed by atoms with Gasteiger partial charge in [-0.2, -0.15) is 0 Å². The van der Waals surface area contributed by atoms with E-state index in [1.54, 1.807) is 35.6 Å². The number of nitrogens with zero attached hydrogens (tertiary/aromatic N) is 1. The van der Waals surface area contributed by atoms with Crippen LogP contribution in [0.1, 0.15) is 22.3 Å². The van der Waals surface area contributed by atoms with Crippen LogP contribution in [0.15, 0.2) is 53.9 Å². The van der Waals surface area contributed by atoms with E-state index in [0.29, 0.717) is 23.6 Å². The van der Waals surface area contributed by atoms with Crippen LogP contribution in [-0.4, -0.2) is 23.3 Å². The molecule has 0 bridgehead atoms. The number of benzene rings is 2. The summed E-state index contributed by atoms with van der Waals surface area (Å²) in [5, 5.41) is 8.97. The van der Waals surface area contributed by atoms with Crippen LogP contribution in [-0.2, 0) is 11.2 Å². The van der Waals surface area contributed by atoms with Crippen LogP contribution in [0.4, 0.5) is 5.69 Å². The molecular formula is C20H18ClN3O2S. The maximum Gasteiger partial charge on any atom is 0.252 e. The topological polar surface area (TPSA) is 71.1 Å². The van der Waals surface area contributed by atoms with Gasteiger partial charge in [0, 0.05) is 36.5 Å². The Kier molecular flexibility index (Phi) is 6.21. The molecule has 0 radical (unpaired) electrons. The number of hydrogen-bond donors (Lipinski definition) is 2. The molecule has 3 aromatic rings. The average molecular weight is 400 g/mol. The first-order chi connectivity index (χ1) is 13.0. The lowest BCUT2D eigenvalue weighted by atomic mass is 10.1. The van der Waals surface area contributed by atoms with E-state index in [1.165, 1.54) is 6.92 Å². The molecule has 0 aliphatic heterocycles. The zero-order chi connectivity index (χ0) is 19.2. The summed E-state index contributed by atoms with van der Waals surface area (Å²) in [4.78, 5) is 27.8. The van der Waals surface area contributed by atoms with Gasteiger partial charge in [0.2, 0.25) is 5.91 Å². The van der Waals surface area contributed by atoms with Crippen molar-refractivity contribution in [1.29, 1.82) is 0 Å². The molecule has 0 unspecified atom stereocenters. The minimum atomic E-state index is -0.189. The highest BCUT2D eigenvalue weighted by Crippen LogP contribution is 2.23. The Morgan fingerprint density at radius 1 is 1.11 bits per heavy atom. The molecule has 0 saturated carbocycles. The van der Waals surface area contributed by atoms with E-state index in [-0.39, 0.29) is 11.8 Å². The number of anilines is 1. The van der Waals surface area contributed by atoms with Gasteiger partial charge in [0.15, 0.2) is 0 Å². The zero-order valence-corrected chi connectivity index (χ0v) is 16.2. The van der Waals surface area contributed by atoms with Gasteiger partial charge in [0.05, 0.1) is 21.3 Å². The average Bonchev–Trinajstić information content (AvgIpc) is 3.11. The van der Waals surface area contributed by atoms with Gasteiger partial charge < -0.3 is 10.6 Å². The van der Waals surface area contributed by atoms with E-state index in [1.807, 2.05) is 29.6 Å². The van der Waals surface area contributed by atoms with Gasteiger partial charge in [-0.15, -0.1) is 11.3 Å². The SMILES string of the molecule is CC(=O)Nc1ccc(-c2csc(CCNC(=O)c3ccccc3Cl)n2)cc1. The Morgan fingerprint density at radius 3 is 2.56 bits per heavy atom. The second-order valence-corrected chi connectivity index (χ2v) is 7.22. The monoisotopic (exact) mass is 399 g/mol. The Hall–Kier alpha value is -2.70. The van der Waals surface area contributed by atoms with Crippen molar-refractivity contribution in [2.75, 3.05) is 11.9 Å². The molecule has 5 nitrogen and oxygen atoms in total. The second kappa shape index (κ2) is 8.79. The lowest BCUT2D eigenvalue weighted by Crippen LogP contribution is -2.25. The van der Waals surface area contributed by atoms with Crippen molar-refractivity contribution in [2.24, 2.45) is 0 Å². The standard InChI is InChI=1S/C20H18ClN3O2S/c1-13(25)23-15-8-6-14(7-9-15)18-12-27-19(24-18)10-11-22-20(26)16-4-2-3-5-17(16)21/h2-9,12H,10-11H2,1H3,(H,22,26)(H,23,25). The maximum atomic E-state index is 12.1. The number of halogens is 1. The molecule has 0 atom stereocenters. The van der Waals surface area contributed by atoms with Crippen molar-refractivity contribution < 1.29 is 9.59 Å². The number of carbonyl (C=O) groups is 2. The summed E-state index contributed by atoms with van der Waals surface area (Å²) < 4.78 is 0. The molecule has 1 heterocycles. The van der Waals surface area contributed by atoms with Gasteiger partial charge in [-0.25, -0.2) is 4.98 Å². The Morgan fingerprint density at radius 2 is 1.85 bits per heavy atom. The third-order valence-electron chi connectivity index (χ3n) is 3.80. The molecule has 0 saturated heterocycles. The summed E-state index contributed by atoms with van der Waals surface area (Å²) in [6, 6.07) is 14.5. The van der Waals surface area contributed by atoms with Crippen molar-refractivity contribution in [1.82, 2.24) is 10.3 Å². The zero-order valence-electron chi connectivity index (χ0n) is 14.7. The Bertz CT molecular complexity index is 954. The predicted octanol–water partition coefficient (Wildman–Crippen LogP) is 4.39. The highest BCUT2D eigenvalue weighted by Gasteiger charge is 2.10. The van der Waals surface area contributed by atoms with Crippen molar-refractivity contribution in [3.8, 4) is 11.3 Å². The van der Waals surface area contributed by atoms with E-state index >= 15 is 0 Å². The summed E-state index contributed by atoms with van der Waals surface area (Å²) in [5.74, 6) is -0.288. The molecule has 0 aliphatic carbocycles. The number of nitrogens with one attached hydrogen (secondary N) is 2. The highest BCUT2D eigenvalue weighted by molar-refractivity contribution is 7.09. The van der Waals surface area contributed by atoms with Gasteiger partial charge in [-0.1, -0.05) is 35.9 Å². The fourth-order valence-corrected chi connectivity index (χ4v) is 3.54. The first-order valence-electron chi connectivity index (χ1n) is 8.38. The molecule has 2 amide bonds. The van der Waals surface area contributed by atoms with Gasteiger partial charge in [-0.3, -0.25) is 9.59 Å². The quantitative estimate of drug-likeness (QED) is 0.645. The summed E-state index contributed by atoms with van der Waals surface area (Å²) in [6.45, 7) is 1.96. The van der Waals surface area contributed by atoms with Gasteiger partial charge >= 0.3 is 0 Å². The van der Waals surface area contributed by atoms with Crippen molar-refractivity contribution in [2.45, 2.75) is 13.3 Å². The number of rotatable bonds is 6. The molecule has 7 heteroatoms. The molecule has 1 aromatic heterocycles. The summed E-state index contributed by atoms with van der Waals surface area (Å²) in [7, 11) is 0. The third kappa shape index (κ3) is 5.15. The van der Waals surface area contributed by atoms with Crippen molar-refractivity contribution in [3.63, 3.8) is 0 Å². The lowest BCUT2D eigenvalue weighted by molar-refractivity contribution is -0.114. The van der Waals surface area contributed by atoms with Crippen LogP contribution in [0.5, 0.6) is 0 Å². The lowest BCUT2D eigenvalue weighted by Gasteiger charge is -2.05. The number of carbonyl (C=O) groups excluding carboxylic acids is 2. The first kappa shape index (κ1) is 19.1. The summed E-state index contributed by atoms with van der Waals surface area (Å²) in [5.41, 5.74) is 3.08. The number of amides is 2. The molecule has 3 rings (SSSR count). The van der Waals surface area contributed by atoms with Crippen LogP contribution >= 0.6 is 22.9 Å². The van der Waals surface area contributed by atoms with Crippen LogP contribution in [0.3, 0.4) is 0 Å². The van der Waals surface area contributed by atoms with Crippen molar-refractivity contribution >= 4 is 40.4 Å². The van der Waals surface area contributed by atoms with Crippen LogP contribution in [0.25, 0.3) is 11.3 Å². The molecular weight excluding hydrogens is 382 g/mol. The van der Waals surface area contributed by atoms with Gasteiger partial charge in [-0.05, 0) is 24.3 Å². The van der Waals surface area contributed by atoms with E-state index in [0.717, 1.165) is 22.0 Å². The van der Waals surface area contributed by atoms with Crippen molar-refractivity contribution in [3.05, 3.63) is 69.5 Å². The summed E-state index contributed by atoms with van der Waals surface area (Å²) in [6.07, 6.45) is 0.644. The number of thiazole rings is 1. The molecule has 0 fully saturated rings. The fourth-order valence-electron chi connectivity index (χ4n) is 2.51. The first-order valence-corrected chi connectivity index (χ1v) is 9.64. The minimum Gasteiger partial charge on any atom is -0.352 e. The second-order valence-electron chi connectivity index (χ2n) is 5.87. The minimum absolute atomic E-state index is 0.0995. The van der Waals surface area contributed by atoms with Gasteiger partial charge in [0.25, 0.3) is 5.91 Å². The molecule has 138 valence electrons. The fraction of sp³-hybridized carbons (Fsp3) is 0.150. The largest absolute Gasteiger partial charge is 0.352 e. The van der Waals surface area contributed by atoms with Crippen LogP contribution in [0.2, 0.25) is 5.02 Å². The highest BCUT2D eigenvalue weighted by atomic mass is 35.5. The molecule has 27 heavy (non-hydrogen) atoms. The number of hydrogen-bond acceptors (Lipinski definition) is 4. The van der Waals surface area contributed by atoms with Crippen LogP contribution in [0, 0.1) is 0 Å². The maximum absolute atomic E-state index is 12.1. The van der Waals surface area contributed by atoms with E-state index in [2.05, 4.69) is 15.6 Å². The van der Waals surface area contributed by atoms with Gasteiger partial charge in [0.1, 0.15) is 0 Å². The Labute approximate surface area is 166 Å². The van der Waals surface area contributed by atoms with E-state index in [9.17, 15) is 9.59 Å². The third-order valence-corrected chi connectivity index (χ3v) is 5.03. The van der Waals surface area contributed by atoms with E-state index in [4.69, 9.17) is 11.6 Å². The predicted molar refractivity (Wildman–Crippen MR) is 109 cm³/mol. The molecule has 2 aromatic carbocycles. The Balaban J connectivity index is 1.56. The normalized spacial score (nSPS) is 10.4. The molecule has 0 spiro atoms. The van der Waals surface area contributed by atoms with Crippen LogP contribution < -0.4 is 10.6 Å². The smallest absolute Gasteiger partial charge is 0.252 e. The number of aromatic nitrogens is 1. The molecule has 0 aliphatic rings.